The van der Waals surface area contributed by atoms with Gasteiger partial charge in [-0.25, -0.2) is 0 Å². The molecule has 0 radical (unpaired) electrons. The van der Waals surface area contributed by atoms with Gasteiger partial charge >= 0.3 is 0 Å². The molecule has 1 aromatic carbocycles. The molecule has 1 aromatic rings. The van der Waals surface area contributed by atoms with Gasteiger partial charge in [0.1, 0.15) is 0 Å². The Hall–Kier alpha value is -2.05. The molecule has 0 N–H and O–H groups in total. The van der Waals surface area contributed by atoms with Gasteiger partial charge in [-0.05, 0) is 31.5 Å². The van der Waals surface area contributed by atoms with E-state index in [0.29, 0.717) is 17.1 Å². The lowest BCUT2D eigenvalue weighted by Crippen LogP contribution is -2.69. The lowest BCUT2D eigenvalue weighted by atomic mass is 9.79. The molecule has 4 atom stereocenters. The largest absolute Gasteiger partial charge is 0.454 e. The highest BCUT2D eigenvalue weighted by Gasteiger charge is 2.68. The van der Waals surface area contributed by atoms with E-state index in [1.165, 1.54) is 16.8 Å². The number of carbonyl (C=O) groups is 2. The maximum Gasteiger partial charge on any atom is 0.260 e. The number of hydrogen-bond donors (Lipinski definition) is 2. The van der Waals surface area contributed by atoms with Crippen LogP contribution in [-0.2, 0) is 9.59 Å². The van der Waals surface area contributed by atoms with Crippen LogP contribution in [0.4, 0.5) is 0 Å². The number of rotatable bonds is 1. The van der Waals surface area contributed by atoms with Gasteiger partial charge in [-0.1, -0.05) is 6.07 Å². The molecule has 3 heterocycles. The highest BCUT2D eigenvalue weighted by Crippen LogP contribution is 2.59. The average Bonchev–Trinajstić information content (AvgIpc) is 3.19. The van der Waals surface area contributed by atoms with Crippen LogP contribution in [0.15, 0.2) is 18.2 Å². The van der Waals surface area contributed by atoms with E-state index in [2.05, 4.69) is 31.3 Å². The van der Waals surface area contributed by atoms with Gasteiger partial charge in [0.05, 0.1) is 17.5 Å². The quantitative estimate of drug-likeness (QED) is 0.698. The molecular weight excluding hydrogens is 386 g/mol. The molecule has 2 amide bonds. The molecule has 0 spiro atoms. The normalized spacial score (nSPS) is 37.4. The standard InChI is InChI=1S/C18H19N3O4S2/c1-16(8-19)7-18(27)15(23)20(3)17(2,26)14(22)21(18)13(16)10-4-5-11-12(6-10)25-9-24-11/h4-6,13,26-27H,7,9H2,1-3H3. The third-order valence-electron chi connectivity index (χ3n) is 5.77. The van der Waals surface area contributed by atoms with Crippen molar-refractivity contribution in [3.63, 3.8) is 0 Å². The minimum absolute atomic E-state index is 0.109. The van der Waals surface area contributed by atoms with Crippen LogP contribution in [0.1, 0.15) is 31.9 Å². The Kier molecular flexibility index (Phi) is 3.72. The van der Waals surface area contributed by atoms with Gasteiger partial charge in [-0.3, -0.25) is 9.59 Å². The van der Waals surface area contributed by atoms with Gasteiger partial charge in [0.25, 0.3) is 11.8 Å². The topological polar surface area (TPSA) is 82.9 Å². The molecule has 142 valence electrons. The number of nitriles is 1. The highest BCUT2D eigenvalue weighted by atomic mass is 32.1. The number of benzene rings is 1. The smallest absolute Gasteiger partial charge is 0.260 e. The first-order chi connectivity index (χ1) is 12.6. The second kappa shape index (κ2) is 5.49. The Morgan fingerprint density at radius 3 is 2.52 bits per heavy atom. The number of ether oxygens (including phenoxy) is 2. The van der Waals surface area contributed by atoms with E-state index < -0.39 is 21.2 Å². The number of thiol groups is 2. The fourth-order valence-electron chi connectivity index (χ4n) is 4.20. The number of piperazine rings is 1. The minimum Gasteiger partial charge on any atom is -0.454 e. The Bertz CT molecular complexity index is 914. The van der Waals surface area contributed by atoms with Crippen molar-refractivity contribution in [1.82, 2.24) is 9.80 Å². The van der Waals surface area contributed by atoms with Crippen molar-refractivity contribution in [1.29, 1.82) is 5.26 Å². The molecule has 0 aliphatic carbocycles. The van der Waals surface area contributed by atoms with Gasteiger partial charge in [0, 0.05) is 13.5 Å². The summed E-state index contributed by atoms with van der Waals surface area (Å²) in [7, 11) is 1.53. The van der Waals surface area contributed by atoms with Gasteiger partial charge in [0.15, 0.2) is 21.2 Å². The molecule has 27 heavy (non-hydrogen) atoms. The molecule has 2 saturated heterocycles. The molecule has 3 aliphatic heterocycles. The van der Waals surface area contributed by atoms with E-state index in [1.54, 1.807) is 32.0 Å². The molecule has 7 nitrogen and oxygen atoms in total. The molecule has 4 rings (SSSR count). The first kappa shape index (κ1) is 18.3. The summed E-state index contributed by atoms with van der Waals surface area (Å²) in [5.41, 5.74) is -0.329. The summed E-state index contributed by atoms with van der Waals surface area (Å²) in [6.07, 6.45) is 0.109. The first-order valence-corrected chi connectivity index (χ1v) is 9.33. The van der Waals surface area contributed by atoms with Crippen molar-refractivity contribution in [2.75, 3.05) is 13.8 Å². The number of fused-ring (bicyclic) bond motifs is 2. The predicted octanol–water partition coefficient (Wildman–Crippen LogP) is 1.96. The minimum atomic E-state index is -1.42. The van der Waals surface area contributed by atoms with E-state index in [9.17, 15) is 14.9 Å². The molecule has 3 aliphatic rings. The van der Waals surface area contributed by atoms with Crippen LogP contribution < -0.4 is 9.47 Å². The average molecular weight is 406 g/mol. The van der Waals surface area contributed by atoms with Crippen molar-refractivity contribution in [2.24, 2.45) is 5.41 Å². The van der Waals surface area contributed by atoms with Crippen LogP contribution in [-0.4, -0.2) is 45.2 Å². The van der Waals surface area contributed by atoms with E-state index in [-0.39, 0.29) is 25.0 Å². The van der Waals surface area contributed by atoms with Crippen LogP contribution in [0.2, 0.25) is 0 Å². The van der Waals surface area contributed by atoms with Crippen LogP contribution in [0.5, 0.6) is 11.5 Å². The number of likely N-dealkylation sites (N-methyl/N-ethyl adjacent to an activating group) is 1. The summed E-state index contributed by atoms with van der Waals surface area (Å²) >= 11 is 9.07. The summed E-state index contributed by atoms with van der Waals surface area (Å²) < 4.78 is 10.8. The summed E-state index contributed by atoms with van der Waals surface area (Å²) in [6, 6.07) is 6.93. The second-order valence-corrected chi connectivity index (χ2v) is 9.21. The van der Waals surface area contributed by atoms with Gasteiger partial charge in [-0.15, -0.1) is 25.3 Å². The number of carbonyl (C=O) groups excluding carboxylic acids is 2. The monoisotopic (exact) mass is 405 g/mol. The Morgan fingerprint density at radius 1 is 1.19 bits per heavy atom. The van der Waals surface area contributed by atoms with Gasteiger partial charge in [-0.2, -0.15) is 5.26 Å². The molecule has 9 heteroatoms. The van der Waals surface area contributed by atoms with Crippen LogP contribution in [0, 0.1) is 16.7 Å². The summed E-state index contributed by atoms with van der Waals surface area (Å²) in [4.78, 5) is 26.4. The third kappa shape index (κ3) is 2.23. The molecule has 0 saturated carbocycles. The molecular formula is C18H19N3O4S2. The molecule has 2 fully saturated rings. The van der Waals surface area contributed by atoms with E-state index in [4.69, 9.17) is 9.47 Å². The fraction of sp³-hybridized carbons (Fsp3) is 0.500. The molecule has 0 aromatic heterocycles. The fourth-order valence-corrected chi connectivity index (χ4v) is 5.08. The number of amides is 2. The van der Waals surface area contributed by atoms with Crippen LogP contribution >= 0.6 is 25.3 Å². The summed E-state index contributed by atoms with van der Waals surface area (Å²) in [6.45, 7) is 3.44. The summed E-state index contributed by atoms with van der Waals surface area (Å²) in [5.74, 6) is 0.426. The lowest BCUT2D eigenvalue weighted by Gasteiger charge is -2.50. The van der Waals surface area contributed by atoms with Crippen LogP contribution in [0.3, 0.4) is 0 Å². The molecule has 4 unspecified atom stereocenters. The number of nitrogens with zero attached hydrogens (tertiary/aromatic N) is 3. The van der Waals surface area contributed by atoms with E-state index in [0.717, 1.165) is 0 Å². The molecule has 0 bridgehead atoms. The van der Waals surface area contributed by atoms with Crippen LogP contribution in [0.25, 0.3) is 0 Å². The van der Waals surface area contributed by atoms with E-state index in [1.807, 2.05) is 0 Å². The van der Waals surface area contributed by atoms with Crippen molar-refractivity contribution < 1.29 is 19.1 Å². The zero-order valence-corrected chi connectivity index (χ0v) is 16.9. The van der Waals surface area contributed by atoms with Crippen molar-refractivity contribution >= 4 is 37.1 Å². The van der Waals surface area contributed by atoms with E-state index >= 15 is 0 Å². The van der Waals surface area contributed by atoms with Gasteiger partial charge < -0.3 is 19.3 Å². The second-order valence-electron chi connectivity index (χ2n) is 7.60. The first-order valence-electron chi connectivity index (χ1n) is 8.44. The Morgan fingerprint density at radius 2 is 1.85 bits per heavy atom. The predicted molar refractivity (Wildman–Crippen MR) is 102 cm³/mol. The van der Waals surface area contributed by atoms with Crippen molar-refractivity contribution in [3.8, 4) is 17.6 Å². The Balaban J connectivity index is 1.91. The lowest BCUT2D eigenvalue weighted by molar-refractivity contribution is -0.163. The third-order valence-corrected chi connectivity index (χ3v) is 6.82. The van der Waals surface area contributed by atoms with Crippen molar-refractivity contribution in [2.45, 2.75) is 36.1 Å². The maximum atomic E-state index is 13.4. The SMILES string of the molecule is CN1C(=O)C2(S)CC(C)(C#N)C(c3ccc4c(c3)OCO4)N2C(=O)C1(C)S. The van der Waals surface area contributed by atoms with Crippen molar-refractivity contribution in [3.05, 3.63) is 23.8 Å². The maximum absolute atomic E-state index is 13.4. The van der Waals surface area contributed by atoms with Gasteiger partial charge in [0.2, 0.25) is 6.79 Å². The Labute approximate surface area is 168 Å². The zero-order chi connectivity index (χ0) is 19.8. The number of hydrogen-bond acceptors (Lipinski definition) is 7. The highest BCUT2D eigenvalue weighted by molar-refractivity contribution is 7.83. The summed E-state index contributed by atoms with van der Waals surface area (Å²) in [5, 5.41) is 9.96. The zero-order valence-electron chi connectivity index (χ0n) is 15.1.